The van der Waals surface area contributed by atoms with Crippen LogP contribution in [-0.2, 0) is 22.6 Å². The lowest BCUT2D eigenvalue weighted by atomic mass is 9.88. The highest BCUT2D eigenvalue weighted by Gasteiger charge is 2.34. The van der Waals surface area contributed by atoms with Gasteiger partial charge in [0.05, 0.1) is 5.92 Å². The highest BCUT2D eigenvalue weighted by Crippen LogP contribution is 2.35. The van der Waals surface area contributed by atoms with E-state index in [0.29, 0.717) is 24.3 Å². The second kappa shape index (κ2) is 5.45. The number of halogens is 1. The molecule has 2 amide bonds. The third-order valence-electron chi connectivity index (χ3n) is 4.47. The summed E-state index contributed by atoms with van der Waals surface area (Å²) >= 11 is 1.72. The number of carbonyl (C=O) groups excluding carboxylic acids is 2. The smallest absolute Gasteiger partial charge is 0.231 e. The topological polar surface area (TPSA) is 49.4 Å². The summed E-state index contributed by atoms with van der Waals surface area (Å²) in [4.78, 5) is 28.0. The van der Waals surface area contributed by atoms with Crippen LogP contribution in [-0.4, -0.2) is 23.3 Å². The van der Waals surface area contributed by atoms with Crippen molar-refractivity contribution in [2.75, 3.05) is 11.9 Å². The molecule has 1 N–H and O–H groups in total. The molecule has 0 bridgehead atoms. The van der Waals surface area contributed by atoms with E-state index in [4.69, 9.17) is 0 Å². The zero-order valence-corrected chi connectivity index (χ0v) is 13.2. The third-order valence-corrected chi connectivity index (χ3v) is 5.49. The fourth-order valence-electron chi connectivity index (χ4n) is 3.31. The average Bonchev–Trinajstić information content (AvgIpc) is 3.00. The summed E-state index contributed by atoms with van der Waals surface area (Å²) in [7, 11) is 0. The maximum Gasteiger partial charge on any atom is 0.231 e. The SMILES string of the molecule is O=C1CC(C(=O)N2CCc3sccc3C2)c2ccc(F)cc2N1. The first-order valence-corrected chi connectivity index (χ1v) is 8.43. The van der Waals surface area contributed by atoms with Gasteiger partial charge >= 0.3 is 0 Å². The van der Waals surface area contributed by atoms with Gasteiger partial charge in [-0.3, -0.25) is 9.59 Å². The van der Waals surface area contributed by atoms with E-state index in [-0.39, 0.29) is 18.2 Å². The summed E-state index contributed by atoms with van der Waals surface area (Å²) in [5.74, 6) is -1.24. The summed E-state index contributed by atoms with van der Waals surface area (Å²) in [6.45, 7) is 1.26. The molecular weight excluding hydrogens is 315 g/mol. The van der Waals surface area contributed by atoms with Crippen LogP contribution < -0.4 is 5.32 Å². The van der Waals surface area contributed by atoms with Crippen LogP contribution in [0.5, 0.6) is 0 Å². The molecule has 1 aromatic carbocycles. The van der Waals surface area contributed by atoms with Crippen molar-refractivity contribution in [3.63, 3.8) is 0 Å². The number of carbonyl (C=O) groups is 2. The number of hydrogen-bond acceptors (Lipinski definition) is 3. The van der Waals surface area contributed by atoms with Crippen molar-refractivity contribution in [3.05, 3.63) is 51.5 Å². The standard InChI is InChI=1S/C17H15FN2O2S/c18-11-1-2-12-13(8-16(21)19-14(12)7-11)17(22)20-5-3-15-10(9-20)4-6-23-15/h1-2,4,6-7,13H,3,5,8-9H2,(H,19,21). The molecule has 3 heterocycles. The largest absolute Gasteiger partial charge is 0.337 e. The van der Waals surface area contributed by atoms with Gasteiger partial charge in [0.25, 0.3) is 0 Å². The second-order valence-corrected chi connectivity index (χ2v) is 6.92. The second-order valence-electron chi connectivity index (χ2n) is 5.92. The number of rotatable bonds is 1. The Morgan fingerprint density at radius 3 is 3.09 bits per heavy atom. The van der Waals surface area contributed by atoms with Gasteiger partial charge < -0.3 is 10.2 Å². The van der Waals surface area contributed by atoms with Crippen molar-refractivity contribution < 1.29 is 14.0 Å². The van der Waals surface area contributed by atoms with Gasteiger partial charge in [-0.15, -0.1) is 11.3 Å². The number of nitrogens with one attached hydrogen (secondary N) is 1. The lowest BCUT2D eigenvalue weighted by Gasteiger charge is -2.33. The van der Waals surface area contributed by atoms with Gasteiger partial charge in [-0.05, 0) is 41.1 Å². The molecule has 2 aliphatic heterocycles. The predicted octanol–water partition coefficient (Wildman–Crippen LogP) is 2.90. The minimum atomic E-state index is -0.528. The highest BCUT2D eigenvalue weighted by atomic mass is 32.1. The van der Waals surface area contributed by atoms with E-state index in [1.807, 2.05) is 10.3 Å². The minimum Gasteiger partial charge on any atom is -0.337 e. The van der Waals surface area contributed by atoms with Crippen LogP contribution in [0.3, 0.4) is 0 Å². The van der Waals surface area contributed by atoms with Crippen LogP contribution in [0.2, 0.25) is 0 Å². The van der Waals surface area contributed by atoms with Gasteiger partial charge in [-0.2, -0.15) is 0 Å². The first kappa shape index (κ1) is 14.4. The van der Waals surface area contributed by atoms with Crippen LogP contribution in [0.1, 0.15) is 28.3 Å². The van der Waals surface area contributed by atoms with Crippen molar-refractivity contribution in [1.29, 1.82) is 0 Å². The first-order valence-electron chi connectivity index (χ1n) is 7.55. The molecule has 2 aromatic rings. The number of amides is 2. The van der Waals surface area contributed by atoms with Crippen molar-refractivity contribution in [1.82, 2.24) is 4.90 Å². The fraction of sp³-hybridized carbons (Fsp3) is 0.294. The van der Waals surface area contributed by atoms with E-state index in [9.17, 15) is 14.0 Å². The van der Waals surface area contributed by atoms with Crippen molar-refractivity contribution in [3.8, 4) is 0 Å². The lowest BCUT2D eigenvalue weighted by molar-refractivity contribution is -0.135. The molecule has 4 nitrogen and oxygen atoms in total. The van der Waals surface area contributed by atoms with Gasteiger partial charge in [0.1, 0.15) is 5.82 Å². The van der Waals surface area contributed by atoms with E-state index in [0.717, 1.165) is 6.42 Å². The Morgan fingerprint density at radius 2 is 2.22 bits per heavy atom. The Bertz CT molecular complexity index is 802. The molecule has 1 aromatic heterocycles. The summed E-state index contributed by atoms with van der Waals surface area (Å²) in [5, 5.41) is 4.70. The van der Waals surface area contributed by atoms with Gasteiger partial charge in [-0.25, -0.2) is 4.39 Å². The van der Waals surface area contributed by atoms with Gasteiger partial charge in [-0.1, -0.05) is 6.07 Å². The Balaban J connectivity index is 1.63. The van der Waals surface area contributed by atoms with E-state index in [1.165, 1.54) is 22.6 Å². The summed E-state index contributed by atoms with van der Waals surface area (Å²) < 4.78 is 13.4. The van der Waals surface area contributed by atoms with Crippen molar-refractivity contribution in [2.24, 2.45) is 0 Å². The Kier molecular flexibility index (Phi) is 3.41. The zero-order chi connectivity index (χ0) is 16.0. The monoisotopic (exact) mass is 330 g/mol. The summed E-state index contributed by atoms with van der Waals surface area (Å²) in [6.07, 6.45) is 0.971. The molecule has 4 rings (SSSR count). The first-order chi connectivity index (χ1) is 11.1. The van der Waals surface area contributed by atoms with E-state index in [1.54, 1.807) is 17.4 Å². The molecule has 118 valence electrons. The number of thiophene rings is 1. The molecule has 0 spiro atoms. The van der Waals surface area contributed by atoms with Crippen LogP contribution in [0.25, 0.3) is 0 Å². The average molecular weight is 330 g/mol. The van der Waals surface area contributed by atoms with Gasteiger partial charge in [0, 0.05) is 30.1 Å². The maximum absolute atomic E-state index is 13.4. The molecule has 0 saturated heterocycles. The summed E-state index contributed by atoms with van der Waals surface area (Å²) in [6, 6.07) is 6.27. The van der Waals surface area contributed by atoms with E-state index < -0.39 is 11.7 Å². The third kappa shape index (κ3) is 2.53. The Hall–Kier alpha value is -2.21. The van der Waals surface area contributed by atoms with Gasteiger partial charge in [0.15, 0.2) is 0 Å². The van der Waals surface area contributed by atoms with Crippen LogP contribution in [0, 0.1) is 5.82 Å². The highest BCUT2D eigenvalue weighted by molar-refractivity contribution is 7.10. The minimum absolute atomic E-state index is 0.0513. The lowest BCUT2D eigenvalue weighted by Crippen LogP contribution is -2.41. The number of nitrogens with zero attached hydrogens (tertiary/aromatic N) is 1. The molecule has 0 aliphatic carbocycles. The Labute approximate surface area is 136 Å². The molecule has 6 heteroatoms. The number of anilines is 1. The van der Waals surface area contributed by atoms with Crippen LogP contribution in [0.4, 0.5) is 10.1 Å². The zero-order valence-electron chi connectivity index (χ0n) is 12.3. The molecule has 1 unspecified atom stereocenters. The molecule has 0 fully saturated rings. The van der Waals surface area contributed by atoms with Crippen LogP contribution >= 0.6 is 11.3 Å². The fourth-order valence-corrected chi connectivity index (χ4v) is 4.20. The molecule has 0 saturated carbocycles. The van der Waals surface area contributed by atoms with E-state index >= 15 is 0 Å². The van der Waals surface area contributed by atoms with Crippen molar-refractivity contribution in [2.45, 2.75) is 25.3 Å². The van der Waals surface area contributed by atoms with E-state index in [2.05, 4.69) is 11.4 Å². The molecule has 0 radical (unpaired) electrons. The Morgan fingerprint density at radius 1 is 1.35 bits per heavy atom. The molecular formula is C17H15FN2O2S. The predicted molar refractivity (Wildman–Crippen MR) is 85.8 cm³/mol. The number of benzene rings is 1. The molecule has 23 heavy (non-hydrogen) atoms. The van der Waals surface area contributed by atoms with Crippen LogP contribution in [0.15, 0.2) is 29.6 Å². The molecule has 2 aliphatic rings. The maximum atomic E-state index is 13.4. The number of fused-ring (bicyclic) bond motifs is 2. The van der Waals surface area contributed by atoms with Crippen molar-refractivity contribution >= 4 is 28.8 Å². The molecule has 1 atom stereocenters. The summed E-state index contributed by atoms with van der Waals surface area (Å²) in [5.41, 5.74) is 2.30. The van der Waals surface area contributed by atoms with Gasteiger partial charge in [0.2, 0.25) is 11.8 Å². The normalized spacial score (nSPS) is 19.8. The number of hydrogen-bond donors (Lipinski definition) is 1. The quantitative estimate of drug-likeness (QED) is 0.874.